The van der Waals surface area contributed by atoms with Crippen LogP contribution in [0.2, 0.25) is 10.0 Å². The van der Waals surface area contributed by atoms with Crippen molar-refractivity contribution >= 4 is 29.1 Å². The van der Waals surface area contributed by atoms with Crippen LogP contribution in [0.3, 0.4) is 0 Å². The number of hydrogen-bond donors (Lipinski definition) is 1. The van der Waals surface area contributed by atoms with Gasteiger partial charge in [0.1, 0.15) is 5.69 Å². The second kappa shape index (κ2) is 10.7. The van der Waals surface area contributed by atoms with Gasteiger partial charge >= 0.3 is 0 Å². The Kier molecular flexibility index (Phi) is 8.02. The number of carbonyl (C=O) groups is 1. The summed E-state index contributed by atoms with van der Waals surface area (Å²) in [6.07, 6.45) is 2.30. The summed E-state index contributed by atoms with van der Waals surface area (Å²) in [5.74, 6) is 0.136. The third-order valence-electron chi connectivity index (χ3n) is 4.70. The number of nitrogens with one attached hydrogen (secondary N) is 1. The number of ether oxygens (including phenoxy) is 1. The van der Waals surface area contributed by atoms with Crippen molar-refractivity contribution in [2.75, 3.05) is 13.7 Å². The number of hydrogen-bond acceptors (Lipinski definition) is 4. The van der Waals surface area contributed by atoms with Crippen LogP contribution in [0.15, 0.2) is 54.7 Å². The van der Waals surface area contributed by atoms with E-state index in [1.54, 1.807) is 31.4 Å². The SMILES string of the molecule is COC[C@@H](CC(C)C)NC(=O)c1cnc(-c2ccc(Cl)cc2)c(-c2ccc(Cl)cc2)n1. The van der Waals surface area contributed by atoms with E-state index in [1.165, 1.54) is 6.20 Å². The number of benzene rings is 2. The molecule has 0 aliphatic rings. The third-order valence-corrected chi connectivity index (χ3v) is 5.20. The van der Waals surface area contributed by atoms with Gasteiger partial charge in [-0.05, 0) is 36.6 Å². The van der Waals surface area contributed by atoms with Crippen LogP contribution in [0, 0.1) is 5.92 Å². The van der Waals surface area contributed by atoms with Gasteiger partial charge in [-0.25, -0.2) is 4.98 Å². The van der Waals surface area contributed by atoms with E-state index in [1.807, 2.05) is 24.3 Å². The third kappa shape index (κ3) is 6.26. The molecule has 0 fully saturated rings. The minimum absolute atomic E-state index is 0.103. The molecule has 0 unspecified atom stereocenters. The largest absolute Gasteiger partial charge is 0.383 e. The first kappa shape index (κ1) is 23.2. The first-order valence-corrected chi connectivity index (χ1v) is 10.8. The molecule has 3 aromatic rings. The lowest BCUT2D eigenvalue weighted by atomic mass is 10.0. The number of amides is 1. The molecular formula is C24H25Cl2N3O2. The molecule has 0 aliphatic heterocycles. The van der Waals surface area contributed by atoms with Crippen LogP contribution < -0.4 is 5.32 Å². The van der Waals surface area contributed by atoms with Crippen molar-refractivity contribution in [1.29, 1.82) is 0 Å². The molecule has 162 valence electrons. The molecule has 1 aromatic heterocycles. The summed E-state index contributed by atoms with van der Waals surface area (Å²) in [5, 5.41) is 4.27. The molecule has 2 aromatic carbocycles. The first-order valence-electron chi connectivity index (χ1n) is 10.1. The molecule has 1 atom stereocenters. The first-order chi connectivity index (χ1) is 14.9. The zero-order valence-electron chi connectivity index (χ0n) is 17.7. The minimum atomic E-state index is -0.284. The second-order valence-electron chi connectivity index (χ2n) is 7.72. The van der Waals surface area contributed by atoms with Crippen molar-refractivity contribution in [2.45, 2.75) is 26.3 Å². The summed E-state index contributed by atoms with van der Waals surface area (Å²) in [6.45, 7) is 4.65. The highest BCUT2D eigenvalue weighted by atomic mass is 35.5. The zero-order chi connectivity index (χ0) is 22.4. The van der Waals surface area contributed by atoms with E-state index in [2.05, 4.69) is 29.1 Å². The Hall–Kier alpha value is -2.47. The van der Waals surface area contributed by atoms with Gasteiger partial charge in [0, 0.05) is 28.3 Å². The Morgan fingerprint density at radius 2 is 1.52 bits per heavy atom. The quantitative estimate of drug-likeness (QED) is 0.456. The minimum Gasteiger partial charge on any atom is -0.383 e. The van der Waals surface area contributed by atoms with Crippen molar-refractivity contribution in [2.24, 2.45) is 5.92 Å². The van der Waals surface area contributed by atoms with Gasteiger partial charge in [-0.2, -0.15) is 0 Å². The molecule has 3 rings (SSSR count). The van der Waals surface area contributed by atoms with Crippen molar-refractivity contribution < 1.29 is 9.53 Å². The predicted molar refractivity (Wildman–Crippen MR) is 126 cm³/mol. The van der Waals surface area contributed by atoms with E-state index >= 15 is 0 Å². The molecule has 0 saturated carbocycles. The average molecular weight is 458 g/mol. The number of methoxy groups -OCH3 is 1. The Morgan fingerprint density at radius 3 is 2.03 bits per heavy atom. The Balaban J connectivity index is 1.99. The standard InChI is InChI=1S/C24H25Cl2N3O2/c1-15(2)12-20(14-31-3)28-24(30)21-13-27-22(16-4-8-18(25)9-5-16)23(29-21)17-6-10-19(26)11-7-17/h4-11,13,15,20H,12,14H2,1-3H3,(H,28,30)/t20-/m1/s1. The fraction of sp³-hybridized carbons (Fsp3) is 0.292. The number of carbonyl (C=O) groups excluding carboxylic acids is 1. The Bertz CT molecular complexity index is 1020. The summed E-state index contributed by atoms with van der Waals surface area (Å²) in [6, 6.07) is 14.5. The van der Waals surface area contributed by atoms with Crippen LogP contribution in [-0.2, 0) is 4.74 Å². The molecule has 0 bridgehead atoms. The lowest BCUT2D eigenvalue weighted by molar-refractivity contribution is 0.0879. The maximum Gasteiger partial charge on any atom is 0.271 e. The maximum absolute atomic E-state index is 12.9. The van der Waals surface area contributed by atoms with Crippen LogP contribution in [0.1, 0.15) is 30.8 Å². The van der Waals surface area contributed by atoms with Gasteiger partial charge in [0.05, 0.1) is 30.2 Å². The van der Waals surface area contributed by atoms with Crippen LogP contribution >= 0.6 is 23.2 Å². The van der Waals surface area contributed by atoms with E-state index in [0.29, 0.717) is 34.0 Å². The zero-order valence-corrected chi connectivity index (χ0v) is 19.2. The number of halogens is 2. The molecule has 1 heterocycles. The van der Waals surface area contributed by atoms with Gasteiger partial charge in [-0.15, -0.1) is 0 Å². The van der Waals surface area contributed by atoms with Gasteiger partial charge in [0.25, 0.3) is 5.91 Å². The van der Waals surface area contributed by atoms with Crippen molar-refractivity contribution in [3.05, 3.63) is 70.5 Å². The molecule has 31 heavy (non-hydrogen) atoms. The number of nitrogens with zero attached hydrogens (tertiary/aromatic N) is 2. The molecule has 1 amide bonds. The second-order valence-corrected chi connectivity index (χ2v) is 8.59. The molecule has 0 saturated heterocycles. The average Bonchev–Trinajstić information content (AvgIpc) is 2.74. The Labute approximate surface area is 192 Å². The van der Waals surface area contributed by atoms with Gasteiger partial charge in [-0.1, -0.05) is 61.3 Å². The fourth-order valence-corrected chi connectivity index (χ4v) is 3.58. The molecule has 0 radical (unpaired) electrons. The summed E-state index contributed by atoms with van der Waals surface area (Å²) in [4.78, 5) is 22.2. The summed E-state index contributed by atoms with van der Waals surface area (Å²) in [5.41, 5.74) is 3.16. The van der Waals surface area contributed by atoms with Crippen molar-refractivity contribution in [1.82, 2.24) is 15.3 Å². The highest BCUT2D eigenvalue weighted by Crippen LogP contribution is 2.30. The molecular weight excluding hydrogens is 433 g/mol. The molecule has 5 nitrogen and oxygen atoms in total. The highest BCUT2D eigenvalue weighted by Gasteiger charge is 2.19. The molecule has 7 heteroatoms. The van der Waals surface area contributed by atoms with Crippen LogP contribution in [-0.4, -0.2) is 35.6 Å². The summed E-state index contributed by atoms with van der Waals surface area (Å²) >= 11 is 12.1. The maximum atomic E-state index is 12.9. The lowest BCUT2D eigenvalue weighted by Gasteiger charge is -2.20. The van der Waals surface area contributed by atoms with E-state index in [0.717, 1.165) is 17.5 Å². The normalized spacial score (nSPS) is 12.1. The van der Waals surface area contributed by atoms with Gasteiger partial charge < -0.3 is 10.1 Å². The predicted octanol–water partition coefficient (Wildman–Crippen LogP) is 5.91. The molecule has 1 N–H and O–H groups in total. The Morgan fingerprint density at radius 1 is 0.968 bits per heavy atom. The topological polar surface area (TPSA) is 64.1 Å². The summed E-state index contributed by atoms with van der Waals surface area (Å²) in [7, 11) is 1.62. The van der Waals surface area contributed by atoms with Gasteiger partial charge in [-0.3, -0.25) is 9.78 Å². The van der Waals surface area contributed by atoms with E-state index < -0.39 is 0 Å². The molecule has 0 aliphatic carbocycles. The van der Waals surface area contributed by atoms with E-state index in [4.69, 9.17) is 27.9 Å². The van der Waals surface area contributed by atoms with E-state index in [9.17, 15) is 4.79 Å². The smallest absolute Gasteiger partial charge is 0.271 e. The van der Waals surface area contributed by atoms with Crippen molar-refractivity contribution in [3.63, 3.8) is 0 Å². The summed E-state index contributed by atoms with van der Waals surface area (Å²) < 4.78 is 5.26. The van der Waals surface area contributed by atoms with Gasteiger partial charge in [0.2, 0.25) is 0 Å². The van der Waals surface area contributed by atoms with Crippen molar-refractivity contribution in [3.8, 4) is 22.5 Å². The monoisotopic (exact) mass is 457 g/mol. The van der Waals surface area contributed by atoms with Crippen LogP contribution in [0.5, 0.6) is 0 Å². The van der Waals surface area contributed by atoms with Crippen LogP contribution in [0.4, 0.5) is 0 Å². The fourth-order valence-electron chi connectivity index (χ4n) is 3.32. The lowest BCUT2D eigenvalue weighted by Crippen LogP contribution is -2.39. The number of rotatable bonds is 8. The van der Waals surface area contributed by atoms with Gasteiger partial charge in [0.15, 0.2) is 0 Å². The number of aromatic nitrogens is 2. The van der Waals surface area contributed by atoms with Crippen LogP contribution in [0.25, 0.3) is 22.5 Å². The molecule has 0 spiro atoms. The highest BCUT2D eigenvalue weighted by molar-refractivity contribution is 6.31. The van der Waals surface area contributed by atoms with E-state index in [-0.39, 0.29) is 17.6 Å².